The summed E-state index contributed by atoms with van der Waals surface area (Å²) in [5, 5.41) is 3.34. The fourth-order valence-electron chi connectivity index (χ4n) is 1.76. The molecular formula is C14H21ClN2O3S. The van der Waals surface area contributed by atoms with Crippen LogP contribution in [0.15, 0.2) is 24.3 Å². The maximum absolute atomic E-state index is 11.9. The monoisotopic (exact) mass is 332 g/mol. The van der Waals surface area contributed by atoms with Crippen LogP contribution in [0.3, 0.4) is 0 Å². The Morgan fingerprint density at radius 2 is 1.81 bits per heavy atom. The van der Waals surface area contributed by atoms with Crippen molar-refractivity contribution in [1.82, 2.24) is 10.0 Å². The van der Waals surface area contributed by atoms with Gasteiger partial charge < -0.3 is 5.32 Å². The third kappa shape index (κ3) is 7.45. The molecule has 0 aliphatic heterocycles. The van der Waals surface area contributed by atoms with Gasteiger partial charge >= 0.3 is 0 Å². The summed E-state index contributed by atoms with van der Waals surface area (Å²) >= 11 is 5.82. The first kappa shape index (κ1) is 17.9. The van der Waals surface area contributed by atoms with Gasteiger partial charge in [-0.3, -0.25) is 4.79 Å². The Morgan fingerprint density at radius 3 is 2.29 bits per heavy atom. The molecule has 2 N–H and O–H groups in total. The lowest BCUT2D eigenvalue weighted by Crippen LogP contribution is -2.34. The number of amides is 1. The number of halogens is 1. The Kier molecular flexibility index (Phi) is 6.64. The molecule has 0 aliphatic carbocycles. The molecule has 0 saturated heterocycles. The number of sulfonamides is 1. The zero-order chi connectivity index (χ0) is 16.0. The summed E-state index contributed by atoms with van der Waals surface area (Å²) in [6, 6.07) is 6.14. The van der Waals surface area contributed by atoms with Crippen molar-refractivity contribution in [2.75, 3.05) is 12.8 Å². The van der Waals surface area contributed by atoms with E-state index in [-0.39, 0.29) is 12.3 Å². The van der Waals surface area contributed by atoms with Crippen LogP contribution >= 0.6 is 11.6 Å². The van der Waals surface area contributed by atoms with E-state index in [4.69, 9.17) is 11.6 Å². The Hall–Kier alpha value is -1.11. The lowest BCUT2D eigenvalue weighted by Gasteiger charge is -2.18. The minimum atomic E-state index is -3.42. The Morgan fingerprint density at radius 1 is 1.24 bits per heavy atom. The van der Waals surface area contributed by atoms with Crippen LogP contribution in [0.5, 0.6) is 0 Å². The highest BCUT2D eigenvalue weighted by molar-refractivity contribution is 7.88. The molecule has 1 atom stereocenters. The van der Waals surface area contributed by atoms with Gasteiger partial charge in [0.25, 0.3) is 0 Å². The van der Waals surface area contributed by atoms with Crippen LogP contribution in [0.2, 0.25) is 5.02 Å². The van der Waals surface area contributed by atoms with Crippen molar-refractivity contribution in [2.24, 2.45) is 5.92 Å². The second-order valence-corrected chi connectivity index (χ2v) is 7.61. The van der Waals surface area contributed by atoms with Gasteiger partial charge in [0.15, 0.2) is 0 Å². The highest BCUT2D eigenvalue weighted by Gasteiger charge is 2.19. The van der Waals surface area contributed by atoms with Crippen molar-refractivity contribution < 1.29 is 13.2 Å². The van der Waals surface area contributed by atoms with E-state index in [2.05, 4.69) is 10.0 Å². The molecule has 0 heterocycles. The van der Waals surface area contributed by atoms with Gasteiger partial charge in [0.2, 0.25) is 15.9 Å². The topological polar surface area (TPSA) is 75.3 Å². The predicted octanol–water partition coefficient (Wildman–Crippen LogP) is 2.09. The van der Waals surface area contributed by atoms with Crippen LogP contribution in [-0.2, 0) is 14.8 Å². The van der Waals surface area contributed by atoms with Crippen LogP contribution in [0, 0.1) is 5.92 Å². The highest BCUT2D eigenvalue weighted by atomic mass is 35.5. The molecule has 5 nitrogen and oxygen atoms in total. The average molecular weight is 333 g/mol. The van der Waals surface area contributed by atoms with E-state index in [1.165, 1.54) is 0 Å². The summed E-state index contributed by atoms with van der Waals surface area (Å²) in [6.07, 6.45) is 1.11. The number of hydrogen-bond donors (Lipinski definition) is 2. The summed E-state index contributed by atoms with van der Waals surface area (Å²) in [5.41, 5.74) is 0.699. The van der Waals surface area contributed by atoms with E-state index < -0.39 is 16.1 Å². The first-order valence-corrected chi connectivity index (χ1v) is 8.94. The molecule has 1 rings (SSSR count). The van der Waals surface area contributed by atoms with Crippen molar-refractivity contribution in [1.29, 1.82) is 0 Å². The molecule has 21 heavy (non-hydrogen) atoms. The number of rotatable bonds is 7. The maximum Gasteiger partial charge on any atom is 0.221 e. The first-order chi connectivity index (χ1) is 9.67. The van der Waals surface area contributed by atoms with Gasteiger partial charge in [-0.15, -0.1) is 0 Å². The molecule has 0 bridgehead atoms. The van der Waals surface area contributed by atoms with E-state index in [1.54, 1.807) is 24.3 Å². The number of carbonyl (C=O) groups is 1. The number of benzene rings is 1. The molecule has 0 aromatic heterocycles. The third-order valence-corrected chi connectivity index (χ3v) is 3.69. The highest BCUT2D eigenvalue weighted by Crippen LogP contribution is 2.20. The van der Waals surface area contributed by atoms with E-state index in [9.17, 15) is 13.2 Å². The quantitative estimate of drug-likeness (QED) is 0.802. The second kappa shape index (κ2) is 7.77. The van der Waals surface area contributed by atoms with E-state index >= 15 is 0 Å². The molecule has 0 spiro atoms. The molecule has 1 amide bonds. The normalized spacial score (nSPS) is 13.2. The van der Waals surface area contributed by atoms with Gasteiger partial charge in [0.1, 0.15) is 0 Å². The first-order valence-electron chi connectivity index (χ1n) is 6.67. The molecule has 0 radical (unpaired) electrons. The second-order valence-electron chi connectivity index (χ2n) is 5.40. The summed E-state index contributed by atoms with van der Waals surface area (Å²) in [4.78, 5) is 11.9. The smallest absolute Gasteiger partial charge is 0.221 e. The molecule has 0 unspecified atom stereocenters. The molecule has 0 aliphatic rings. The largest absolute Gasteiger partial charge is 0.356 e. The van der Waals surface area contributed by atoms with Crippen molar-refractivity contribution in [3.8, 4) is 0 Å². The fraction of sp³-hybridized carbons (Fsp3) is 0.500. The SMILES string of the molecule is CC(C)CNC(=O)C[C@@H](NS(C)(=O)=O)c1ccc(Cl)cc1. The van der Waals surface area contributed by atoms with Gasteiger partial charge in [-0.25, -0.2) is 13.1 Å². The minimum Gasteiger partial charge on any atom is -0.356 e. The minimum absolute atomic E-state index is 0.0431. The zero-order valence-corrected chi connectivity index (χ0v) is 14.0. The van der Waals surface area contributed by atoms with Crippen molar-refractivity contribution >= 4 is 27.5 Å². The van der Waals surface area contributed by atoms with Gasteiger partial charge in [0, 0.05) is 18.0 Å². The lowest BCUT2D eigenvalue weighted by molar-refractivity contribution is -0.121. The Balaban J connectivity index is 2.82. The van der Waals surface area contributed by atoms with Crippen molar-refractivity contribution in [3.63, 3.8) is 0 Å². The van der Waals surface area contributed by atoms with Crippen LogP contribution in [-0.4, -0.2) is 27.1 Å². The van der Waals surface area contributed by atoms with Crippen LogP contribution in [0.1, 0.15) is 31.9 Å². The molecule has 7 heteroatoms. The standard InChI is InChI=1S/C14H21ClN2O3S/c1-10(2)9-16-14(18)8-13(17-21(3,19)20)11-4-6-12(15)7-5-11/h4-7,10,13,17H,8-9H2,1-3H3,(H,16,18)/t13-/m1/s1. The van der Waals surface area contributed by atoms with E-state index in [1.807, 2.05) is 13.8 Å². The van der Waals surface area contributed by atoms with E-state index in [0.717, 1.165) is 6.26 Å². The summed E-state index contributed by atoms with van der Waals surface area (Å²) < 4.78 is 25.4. The van der Waals surface area contributed by atoms with Gasteiger partial charge in [0.05, 0.1) is 12.3 Å². The van der Waals surface area contributed by atoms with Crippen molar-refractivity contribution in [2.45, 2.75) is 26.3 Å². The van der Waals surface area contributed by atoms with Gasteiger partial charge in [-0.1, -0.05) is 37.6 Å². The van der Waals surface area contributed by atoms with Crippen LogP contribution in [0.4, 0.5) is 0 Å². The van der Waals surface area contributed by atoms with Crippen LogP contribution in [0.25, 0.3) is 0 Å². The van der Waals surface area contributed by atoms with E-state index in [0.29, 0.717) is 23.0 Å². The number of carbonyl (C=O) groups excluding carboxylic acids is 1. The predicted molar refractivity (Wildman–Crippen MR) is 84.6 cm³/mol. The summed E-state index contributed by atoms with van der Waals surface area (Å²) in [6.45, 7) is 4.54. The number of nitrogens with one attached hydrogen (secondary N) is 2. The van der Waals surface area contributed by atoms with Gasteiger partial charge in [-0.2, -0.15) is 0 Å². The third-order valence-electron chi connectivity index (χ3n) is 2.73. The van der Waals surface area contributed by atoms with Gasteiger partial charge in [-0.05, 0) is 23.6 Å². The Bertz CT molecular complexity index is 570. The fourth-order valence-corrected chi connectivity index (χ4v) is 2.62. The Labute approximate surface area is 131 Å². The molecule has 1 aromatic carbocycles. The maximum atomic E-state index is 11.9. The lowest BCUT2D eigenvalue weighted by atomic mass is 10.0. The molecule has 1 aromatic rings. The van der Waals surface area contributed by atoms with Crippen molar-refractivity contribution in [3.05, 3.63) is 34.9 Å². The summed E-state index contributed by atoms with van der Waals surface area (Å²) in [5.74, 6) is 0.144. The molecule has 0 saturated carbocycles. The average Bonchev–Trinajstić information content (AvgIpc) is 2.35. The number of hydrogen-bond acceptors (Lipinski definition) is 3. The molecule has 0 fully saturated rings. The zero-order valence-electron chi connectivity index (χ0n) is 12.4. The molecule has 118 valence electrons. The molecular weight excluding hydrogens is 312 g/mol. The summed E-state index contributed by atoms with van der Waals surface area (Å²) in [7, 11) is -3.42. The van der Waals surface area contributed by atoms with Crippen LogP contribution < -0.4 is 10.0 Å².